The number of aliphatic imine (C=N–C) groups is 1. The van der Waals surface area contributed by atoms with Crippen molar-refractivity contribution in [3.8, 4) is 17.4 Å². The van der Waals surface area contributed by atoms with Crippen molar-refractivity contribution in [2.75, 3.05) is 7.11 Å². The molecule has 0 N–H and O–H groups in total. The Bertz CT molecular complexity index is 1270. The van der Waals surface area contributed by atoms with Gasteiger partial charge < -0.3 is 9.15 Å². The lowest BCUT2D eigenvalue weighted by Crippen LogP contribution is -2.26. The van der Waals surface area contributed by atoms with Gasteiger partial charge in [-0.2, -0.15) is 5.26 Å². The summed E-state index contributed by atoms with van der Waals surface area (Å²) in [5.74, 6) is 1.13. The molecule has 0 spiro atoms. The van der Waals surface area contributed by atoms with Gasteiger partial charge >= 0.3 is 5.97 Å². The number of thiophene rings is 1. The van der Waals surface area contributed by atoms with Gasteiger partial charge in [-0.1, -0.05) is 32.4 Å². The standard InChI is InChI=1S/C26H25ClN2O3S/c1-26(2,3)15-5-8-18-21(13-28)24(33-23(18)11-15)29-14-17-7-10-22(32-17)20-12-16(27)6-9-19(20)25(30)31-4/h6-7,9-10,12,14-15H,5,8,11H2,1-4H3/t15-/m1/s1. The topological polar surface area (TPSA) is 75.6 Å². The summed E-state index contributed by atoms with van der Waals surface area (Å²) in [6.07, 6.45) is 4.62. The summed E-state index contributed by atoms with van der Waals surface area (Å²) in [6.45, 7) is 6.83. The third kappa shape index (κ3) is 4.75. The fraction of sp³-hybridized carbons (Fsp3) is 0.346. The van der Waals surface area contributed by atoms with Crippen LogP contribution >= 0.6 is 22.9 Å². The number of carbonyl (C=O) groups is 1. The van der Waals surface area contributed by atoms with Gasteiger partial charge in [0.2, 0.25) is 0 Å². The fourth-order valence-electron chi connectivity index (χ4n) is 4.21. The maximum absolute atomic E-state index is 12.1. The smallest absolute Gasteiger partial charge is 0.338 e. The van der Waals surface area contributed by atoms with Crippen LogP contribution in [0.1, 0.15) is 59.3 Å². The molecule has 1 aliphatic rings. The van der Waals surface area contributed by atoms with Crippen LogP contribution in [0.2, 0.25) is 5.02 Å². The van der Waals surface area contributed by atoms with Crippen LogP contribution < -0.4 is 0 Å². The summed E-state index contributed by atoms with van der Waals surface area (Å²) in [6, 6.07) is 10.8. The SMILES string of the molecule is COC(=O)c1ccc(Cl)cc1-c1ccc(C=Nc2sc3c(c2C#N)CC[C@@H](C(C)(C)C)C3)o1. The van der Waals surface area contributed by atoms with E-state index in [9.17, 15) is 10.1 Å². The lowest BCUT2D eigenvalue weighted by Gasteiger charge is -2.33. The molecular formula is C26H25ClN2O3S. The van der Waals surface area contributed by atoms with Crippen molar-refractivity contribution in [1.29, 1.82) is 5.26 Å². The number of hydrogen-bond acceptors (Lipinski definition) is 6. The zero-order chi connectivity index (χ0) is 23.8. The molecule has 0 fully saturated rings. The van der Waals surface area contributed by atoms with Crippen LogP contribution in [0.5, 0.6) is 0 Å². The van der Waals surface area contributed by atoms with Crippen molar-refractivity contribution in [2.45, 2.75) is 40.0 Å². The molecule has 1 aliphatic carbocycles. The van der Waals surface area contributed by atoms with E-state index in [1.807, 2.05) is 0 Å². The highest BCUT2D eigenvalue weighted by atomic mass is 35.5. The van der Waals surface area contributed by atoms with Crippen LogP contribution in [-0.2, 0) is 17.6 Å². The molecule has 5 nitrogen and oxygen atoms in total. The Morgan fingerprint density at radius 1 is 1.33 bits per heavy atom. The molecule has 0 radical (unpaired) electrons. The Kier molecular flexibility index (Phi) is 6.47. The largest absolute Gasteiger partial charge is 0.465 e. The van der Waals surface area contributed by atoms with E-state index < -0.39 is 5.97 Å². The number of furan rings is 1. The number of hydrogen-bond donors (Lipinski definition) is 0. The Labute approximate surface area is 202 Å². The van der Waals surface area contributed by atoms with E-state index in [0.717, 1.165) is 24.8 Å². The molecule has 0 aliphatic heterocycles. The minimum Gasteiger partial charge on any atom is -0.465 e. The molecule has 1 atom stereocenters. The van der Waals surface area contributed by atoms with Gasteiger partial charge in [-0.15, -0.1) is 11.3 Å². The van der Waals surface area contributed by atoms with Gasteiger partial charge in [0.1, 0.15) is 22.6 Å². The maximum Gasteiger partial charge on any atom is 0.338 e. The minimum absolute atomic E-state index is 0.242. The molecule has 0 saturated heterocycles. The van der Waals surface area contributed by atoms with Crippen LogP contribution in [0.3, 0.4) is 0 Å². The molecule has 4 rings (SSSR count). The molecule has 1 aromatic carbocycles. The highest BCUT2D eigenvalue weighted by Gasteiger charge is 2.32. The summed E-state index contributed by atoms with van der Waals surface area (Å²) in [4.78, 5) is 18.0. The van der Waals surface area contributed by atoms with Crippen molar-refractivity contribution < 1.29 is 13.9 Å². The molecule has 0 amide bonds. The monoisotopic (exact) mass is 480 g/mol. The second-order valence-electron chi connectivity index (χ2n) is 9.24. The summed E-state index contributed by atoms with van der Waals surface area (Å²) >= 11 is 7.73. The Balaban J connectivity index is 1.62. The molecule has 0 bridgehead atoms. The number of carbonyl (C=O) groups excluding carboxylic acids is 1. The summed E-state index contributed by atoms with van der Waals surface area (Å²) in [5.41, 5.74) is 2.98. The predicted octanol–water partition coefficient (Wildman–Crippen LogP) is 7.22. The zero-order valence-electron chi connectivity index (χ0n) is 19.1. The van der Waals surface area contributed by atoms with E-state index in [-0.39, 0.29) is 5.41 Å². The van der Waals surface area contributed by atoms with Gasteiger partial charge in [-0.3, -0.25) is 0 Å². The highest BCUT2D eigenvalue weighted by Crippen LogP contribution is 2.45. The van der Waals surface area contributed by atoms with Crippen molar-refractivity contribution in [2.24, 2.45) is 16.3 Å². The van der Waals surface area contributed by atoms with E-state index in [1.165, 1.54) is 12.0 Å². The number of halogens is 1. The van der Waals surface area contributed by atoms with Crippen LogP contribution in [0.15, 0.2) is 39.7 Å². The Morgan fingerprint density at radius 3 is 2.82 bits per heavy atom. The van der Waals surface area contributed by atoms with Crippen LogP contribution in [0.25, 0.3) is 11.3 Å². The number of esters is 1. The second-order valence-corrected chi connectivity index (χ2v) is 10.8. The third-order valence-corrected chi connectivity index (χ3v) is 7.57. The lowest BCUT2D eigenvalue weighted by molar-refractivity contribution is 0.0601. The number of benzene rings is 1. The first-order valence-corrected chi connectivity index (χ1v) is 12.0. The Hall–Kier alpha value is -2.88. The number of methoxy groups -OCH3 is 1. The average Bonchev–Trinajstić information content (AvgIpc) is 3.40. The lowest BCUT2D eigenvalue weighted by atomic mass is 9.72. The van der Waals surface area contributed by atoms with Gasteiger partial charge in [0.25, 0.3) is 0 Å². The van der Waals surface area contributed by atoms with Crippen molar-refractivity contribution in [1.82, 2.24) is 0 Å². The van der Waals surface area contributed by atoms with E-state index in [0.29, 0.717) is 44.2 Å². The number of rotatable bonds is 4. The van der Waals surface area contributed by atoms with Gasteiger partial charge in [-0.05, 0) is 66.5 Å². The number of nitriles is 1. The molecular weight excluding hydrogens is 456 g/mol. The quantitative estimate of drug-likeness (QED) is 0.291. The minimum atomic E-state index is -0.468. The molecule has 3 aromatic rings. The molecule has 33 heavy (non-hydrogen) atoms. The van der Waals surface area contributed by atoms with E-state index in [1.54, 1.807) is 47.9 Å². The Morgan fingerprint density at radius 2 is 2.12 bits per heavy atom. The van der Waals surface area contributed by atoms with E-state index in [4.69, 9.17) is 20.8 Å². The summed E-state index contributed by atoms with van der Waals surface area (Å²) < 4.78 is 10.8. The number of fused-ring (bicyclic) bond motifs is 1. The molecule has 7 heteroatoms. The van der Waals surface area contributed by atoms with E-state index >= 15 is 0 Å². The molecule has 2 aromatic heterocycles. The van der Waals surface area contributed by atoms with Gasteiger partial charge in [-0.25, -0.2) is 9.79 Å². The highest BCUT2D eigenvalue weighted by molar-refractivity contribution is 7.16. The molecule has 2 heterocycles. The van der Waals surface area contributed by atoms with Crippen molar-refractivity contribution in [3.05, 3.63) is 62.7 Å². The van der Waals surface area contributed by atoms with Crippen LogP contribution in [0, 0.1) is 22.7 Å². The zero-order valence-corrected chi connectivity index (χ0v) is 20.6. The first kappa shape index (κ1) is 23.3. The number of ether oxygens (including phenoxy) is 1. The second kappa shape index (κ2) is 9.17. The van der Waals surface area contributed by atoms with Crippen LogP contribution in [-0.4, -0.2) is 19.3 Å². The van der Waals surface area contributed by atoms with Crippen molar-refractivity contribution in [3.63, 3.8) is 0 Å². The van der Waals surface area contributed by atoms with Gasteiger partial charge in [0.05, 0.1) is 24.5 Å². The van der Waals surface area contributed by atoms with Gasteiger partial charge in [0.15, 0.2) is 0 Å². The fourth-order valence-corrected chi connectivity index (χ4v) is 5.61. The molecule has 170 valence electrons. The average molecular weight is 481 g/mol. The van der Waals surface area contributed by atoms with Crippen LogP contribution in [0.4, 0.5) is 5.00 Å². The normalized spacial score (nSPS) is 15.9. The number of nitrogens with zero attached hydrogens (tertiary/aromatic N) is 2. The summed E-state index contributed by atoms with van der Waals surface area (Å²) in [5, 5.41) is 11.0. The molecule has 0 saturated carbocycles. The first-order valence-electron chi connectivity index (χ1n) is 10.8. The molecule has 0 unspecified atom stereocenters. The van der Waals surface area contributed by atoms with Gasteiger partial charge in [0, 0.05) is 15.5 Å². The summed E-state index contributed by atoms with van der Waals surface area (Å²) in [7, 11) is 1.33. The van der Waals surface area contributed by atoms with Crippen molar-refractivity contribution >= 4 is 40.1 Å². The predicted molar refractivity (Wildman–Crippen MR) is 132 cm³/mol. The first-order chi connectivity index (χ1) is 15.7. The third-order valence-electron chi connectivity index (χ3n) is 6.17. The van der Waals surface area contributed by atoms with E-state index in [2.05, 4.69) is 31.8 Å². The maximum atomic E-state index is 12.1.